The number of imide groups is 1. The molecule has 0 bridgehead atoms. The van der Waals surface area contributed by atoms with E-state index in [1.807, 2.05) is 55.5 Å². The third-order valence-electron chi connectivity index (χ3n) is 5.71. The highest BCUT2D eigenvalue weighted by Gasteiger charge is 2.34. The molecule has 1 aliphatic rings. The molecule has 0 spiro atoms. The number of hydrogen-bond donors (Lipinski definition) is 2. The molecule has 0 unspecified atom stereocenters. The number of hydrogen-bond acceptors (Lipinski definition) is 4. The first-order valence-electron chi connectivity index (χ1n) is 10.6. The number of nitrogens with zero attached hydrogens (tertiary/aromatic N) is 1. The highest BCUT2D eigenvalue weighted by Crippen LogP contribution is 2.38. The number of carbonyl (C=O) groups excluding carboxylic acids is 3. The summed E-state index contributed by atoms with van der Waals surface area (Å²) in [5.41, 5.74) is 4.63. The van der Waals surface area contributed by atoms with Crippen molar-refractivity contribution in [2.24, 2.45) is 0 Å². The average molecular weight is 435 g/mol. The molecule has 162 valence electrons. The highest BCUT2D eigenvalue weighted by atomic mass is 16.2. The van der Waals surface area contributed by atoms with Crippen LogP contribution in [-0.2, 0) is 4.79 Å². The van der Waals surface area contributed by atoms with Crippen LogP contribution in [0.3, 0.4) is 0 Å². The smallest absolute Gasteiger partial charge is 0.265 e. The summed E-state index contributed by atoms with van der Waals surface area (Å²) < 4.78 is 0. The molecule has 1 aliphatic heterocycles. The van der Waals surface area contributed by atoms with Gasteiger partial charge in [0, 0.05) is 34.5 Å². The number of para-hydroxylation sites is 2. The summed E-state index contributed by atoms with van der Waals surface area (Å²) in [7, 11) is 0. The van der Waals surface area contributed by atoms with Gasteiger partial charge in [0.15, 0.2) is 0 Å². The Morgan fingerprint density at radius 3 is 2.09 bits per heavy atom. The number of anilines is 4. The number of rotatable bonds is 4. The summed E-state index contributed by atoms with van der Waals surface area (Å²) in [6.45, 7) is 3.41. The van der Waals surface area contributed by atoms with Crippen molar-refractivity contribution in [2.45, 2.75) is 13.8 Å². The third-order valence-corrected chi connectivity index (χ3v) is 5.71. The van der Waals surface area contributed by atoms with Crippen molar-refractivity contribution in [3.63, 3.8) is 0 Å². The molecular formula is C27H21N3O3. The van der Waals surface area contributed by atoms with Crippen molar-refractivity contribution in [1.82, 2.24) is 0 Å². The zero-order valence-corrected chi connectivity index (χ0v) is 18.2. The molecule has 6 heteroatoms. The second-order valence-corrected chi connectivity index (χ2v) is 8.02. The van der Waals surface area contributed by atoms with Crippen LogP contribution in [0.4, 0.5) is 22.7 Å². The molecular weight excluding hydrogens is 414 g/mol. The fourth-order valence-electron chi connectivity index (χ4n) is 4.17. The van der Waals surface area contributed by atoms with E-state index < -0.39 is 0 Å². The van der Waals surface area contributed by atoms with Gasteiger partial charge in [0.2, 0.25) is 5.91 Å². The van der Waals surface area contributed by atoms with Crippen LogP contribution in [0, 0.1) is 6.92 Å². The number of amides is 3. The maximum Gasteiger partial charge on any atom is 0.265 e. The van der Waals surface area contributed by atoms with Crippen LogP contribution in [0.15, 0.2) is 78.9 Å². The molecule has 0 saturated heterocycles. The van der Waals surface area contributed by atoms with Crippen molar-refractivity contribution in [3.8, 4) is 0 Å². The Hall–Kier alpha value is -4.45. The molecule has 0 aliphatic carbocycles. The van der Waals surface area contributed by atoms with Gasteiger partial charge in [-0.05, 0) is 49.4 Å². The van der Waals surface area contributed by atoms with Gasteiger partial charge in [0.25, 0.3) is 11.8 Å². The van der Waals surface area contributed by atoms with E-state index in [1.54, 1.807) is 30.3 Å². The van der Waals surface area contributed by atoms with Gasteiger partial charge in [-0.2, -0.15) is 0 Å². The van der Waals surface area contributed by atoms with Gasteiger partial charge in [-0.3, -0.25) is 14.4 Å². The van der Waals surface area contributed by atoms with Crippen molar-refractivity contribution < 1.29 is 14.4 Å². The Morgan fingerprint density at radius 2 is 1.39 bits per heavy atom. The van der Waals surface area contributed by atoms with Crippen molar-refractivity contribution >= 4 is 51.2 Å². The van der Waals surface area contributed by atoms with Crippen LogP contribution in [-0.4, -0.2) is 17.7 Å². The fourth-order valence-corrected chi connectivity index (χ4v) is 4.17. The van der Waals surface area contributed by atoms with Crippen LogP contribution in [0.1, 0.15) is 33.2 Å². The number of aryl methyl sites for hydroxylation is 1. The van der Waals surface area contributed by atoms with Gasteiger partial charge in [-0.25, -0.2) is 4.90 Å². The van der Waals surface area contributed by atoms with E-state index in [0.29, 0.717) is 33.6 Å². The van der Waals surface area contributed by atoms with E-state index in [0.717, 1.165) is 16.6 Å². The zero-order chi connectivity index (χ0) is 23.1. The van der Waals surface area contributed by atoms with E-state index in [-0.39, 0.29) is 17.7 Å². The monoisotopic (exact) mass is 435 g/mol. The standard InChI is InChI=1S/C27H21N3O3/c1-16-10-12-18(13-11-16)30-26(32)20-7-5-6-19-22(15-14-21(25(19)20)27(30)33)29-24-9-4-3-8-23(24)28-17(2)31/h3-15,29H,1-2H3,(H,28,31). The van der Waals surface area contributed by atoms with E-state index in [2.05, 4.69) is 10.6 Å². The van der Waals surface area contributed by atoms with Crippen LogP contribution >= 0.6 is 0 Å². The molecule has 33 heavy (non-hydrogen) atoms. The molecule has 0 radical (unpaired) electrons. The predicted octanol–water partition coefficient (Wildman–Crippen LogP) is 5.65. The van der Waals surface area contributed by atoms with Crippen LogP contribution in [0.5, 0.6) is 0 Å². The van der Waals surface area contributed by atoms with Gasteiger partial charge >= 0.3 is 0 Å². The average Bonchev–Trinajstić information content (AvgIpc) is 2.80. The minimum Gasteiger partial charge on any atom is -0.353 e. The minimum absolute atomic E-state index is 0.173. The molecule has 0 saturated carbocycles. The quantitative estimate of drug-likeness (QED) is 0.406. The summed E-state index contributed by atoms with van der Waals surface area (Å²) in [5.74, 6) is -0.871. The molecule has 2 N–H and O–H groups in total. The molecule has 5 rings (SSSR count). The fraction of sp³-hybridized carbons (Fsp3) is 0.0741. The number of benzene rings is 4. The Kier molecular flexibility index (Phi) is 4.90. The van der Waals surface area contributed by atoms with E-state index in [9.17, 15) is 14.4 Å². The molecule has 3 amide bonds. The van der Waals surface area contributed by atoms with Crippen molar-refractivity contribution in [3.05, 3.63) is 95.6 Å². The van der Waals surface area contributed by atoms with Gasteiger partial charge < -0.3 is 10.6 Å². The molecule has 0 atom stereocenters. The summed E-state index contributed by atoms with van der Waals surface area (Å²) in [6.07, 6.45) is 0. The maximum atomic E-state index is 13.4. The first-order valence-corrected chi connectivity index (χ1v) is 10.6. The van der Waals surface area contributed by atoms with E-state index in [1.165, 1.54) is 11.8 Å². The van der Waals surface area contributed by atoms with E-state index >= 15 is 0 Å². The topological polar surface area (TPSA) is 78.5 Å². The van der Waals surface area contributed by atoms with E-state index in [4.69, 9.17) is 0 Å². The molecule has 1 heterocycles. The predicted molar refractivity (Wildman–Crippen MR) is 130 cm³/mol. The minimum atomic E-state index is -0.349. The molecule has 4 aromatic rings. The SMILES string of the molecule is CC(=O)Nc1ccccc1Nc1ccc2c3c(cccc13)C(=O)N(c1ccc(C)cc1)C2=O. The zero-order valence-electron chi connectivity index (χ0n) is 18.2. The summed E-state index contributed by atoms with van der Waals surface area (Å²) in [5, 5.41) is 7.54. The highest BCUT2D eigenvalue weighted by molar-refractivity contribution is 6.36. The Morgan fingerprint density at radius 1 is 0.727 bits per heavy atom. The summed E-state index contributed by atoms with van der Waals surface area (Å²) >= 11 is 0. The number of nitrogens with one attached hydrogen (secondary N) is 2. The lowest BCUT2D eigenvalue weighted by Gasteiger charge is -2.28. The van der Waals surface area contributed by atoms with Crippen molar-refractivity contribution in [2.75, 3.05) is 15.5 Å². The van der Waals surface area contributed by atoms with Crippen molar-refractivity contribution in [1.29, 1.82) is 0 Å². The normalized spacial score (nSPS) is 12.7. The molecule has 0 fully saturated rings. The summed E-state index contributed by atoms with van der Waals surface area (Å²) in [6, 6.07) is 23.7. The van der Waals surface area contributed by atoms with Gasteiger partial charge in [0.05, 0.1) is 17.1 Å². The maximum absolute atomic E-state index is 13.4. The van der Waals surface area contributed by atoms with Crippen LogP contribution < -0.4 is 15.5 Å². The number of carbonyl (C=O) groups is 3. The van der Waals surface area contributed by atoms with Gasteiger partial charge in [-0.15, -0.1) is 0 Å². The largest absolute Gasteiger partial charge is 0.353 e. The lowest BCUT2D eigenvalue weighted by atomic mass is 9.92. The van der Waals surface area contributed by atoms with Crippen LogP contribution in [0.25, 0.3) is 10.8 Å². The van der Waals surface area contributed by atoms with Crippen LogP contribution in [0.2, 0.25) is 0 Å². The lowest BCUT2D eigenvalue weighted by Crippen LogP contribution is -2.40. The second-order valence-electron chi connectivity index (χ2n) is 8.02. The summed E-state index contributed by atoms with van der Waals surface area (Å²) in [4.78, 5) is 39.6. The van der Waals surface area contributed by atoms with Gasteiger partial charge in [-0.1, -0.05) is 42.0 Å². The first kappa shape index (κ1) is 20.5. The molecule has 0 aromatic heterocycles. The first-order chi connectivity index (χ1) is 15.9. The molecule has 4 aromatic carbocycles. The Balaban J connectivity index is 1.61. The third kappa shape index (κ3) is 3.51. The Bertz CT molecular complexity index is 1420. The lowest BCUT2D eigenvalue weighted by molar-refractivity contribution is -0.114. The molecule has 6 nitrogen and oxygen atoms in total. The van der Waals surface area contributed by atoms with Gasteiger partial charge in [0.1, 0.15) is 0 Å². The Labute approximate surface area is 190 Å². The second kappa shape index (κ2) is 7.91.